The fourth-order valence-corrected chi connectivity index (χ4v) is 1.18. The average molecular weight is 142 g/mol. The third-order valence-corrected chi connectivity index (χ3v) is 2.07. The lowest BCUT2D eigenvalue weighted by molar-refractivity contribution is 1.44. The molecule has 0 aliphatic heterocycles. The second-order valence-electron chi connectivity index (χ2n) is 1.66. The molecule has 0 radical (unpaired) electrons. The highest BCUT2D eigenvalue weighted by molar-refractivity contribution is 7.10. The van der Waals surface area contributed by atoms with E-state index in [4.69, 9.17) is 0 Å². The van der Waals surface area contributed by atoms with E-state index < -0.39 is 0 Å². The highest BCUT2D eigenvalue weighted by atomic mass is 32.1. The van der Waals surface area contributed by atoms with Crippen LogP contribution < -0.4 is 0 Å². The summed E-state index contributed by atoms with van der Waals surface area (Å²) in [5, 5.41) is 2.12. The van der Waals surface area contributed by atoms with Crippen LogP contribution in [0, 0.1) is 13.8 Å². The van der Waals surface area contributed by atoms with E-state index in [2.05, 4.69) is 25.3 Å². The van der Waals surface area contributed by atoms with E-state index in [1.807, 2.05) is 13.8 Å². The molecular formula is C8H14S. The maximum atomic E-state index is 2.14. The molecule has 0 saturated heterocycles. The molecule has 0 bridgehead atoms. The zero-order valence-electron chi connectivity index (χ0n) is 6.56. The van der Waals surface area contributed by atoms with Gasteiger partial charge in [0, 0.05) is 4.88 Å². The number of rotatable bonds is 0. The van der Waals surface area contributed by atoms with Gasteiger partial charge in [0.15, 0.2) is 0 Å². The van der Waals surface area contributed by atoms with Crippen molar-refractivity contribution in [2.24, 2.45) is 0 Å². The molecule has 0 nitrogen and oxygen atoms in total. The van der Waals surface area contributed by atoms with E-state index in [0.29, 0.717) is 0 Å². The lowest BCUT2D eigenvalue weighted by Gasteiger charge is -1.79. The van der Waals surface area contributed by atoms with Crippen LogP contribution in [0.3, 0.4) is 0 Å². The molecule has 0 fully saturated rings. The number of aryl methyl sites for hydroxylation is 2. The molecule has 1 heterocycles. The highest BCUT2D eigenvalue weighted by Gasteiger charge is 1.87. The van der Waals surface area contributed by atoms with Crippen LogP contribution in [-0.4, -0.2) is 0 Å². The van der Waals surface area contributed by atoms with E-state index in [1.54, 1.807) is 11.3 Å². The van der Waals surface area contributed by atoms with Gasteiger partial charge < -0.3 is 0 Å². The molecular weight excluding hydrogens is 128 g/mol. The van der Waals surface area contributed by atoms with Crippen molar-refractivity contribution < 1.29 is 0 Å². The molecule has 0 atom stereocenters. The summed E-state index contributed by atoms with van der Waals surface area (Å²) in [7, 11) is 0. The molecule has 1 rings (SSSR count). The molecule has 0 aromatic carbocycles. The first-order valence-electron chi connectivity index (χ1n) is 3.31. The third-order valence-electron chi connectivity index (χ3n) is 1.12. The van der Waals surface area contributed by atoms with Crippen LogP contribution in [0.15, 0.2) is 11.4 Å². The highest BCUT2D eigenvalue weighted by Crippen LogP contribution is 2.12. The molecule has 0 aliphatic carbocycles. The first-order chi connectivity index (χ1) is 4.30. The van der Waals surface area contributed by atoms with Gasteiger partial charge in [-0.2, -0.15) is 0 Å². The van der Waals surface area contributed by atoms with E-state index in [0.717, 1.165) is 0 Å². The second kappa shape index (κ2) is 4.57. The van der Waals surface area contributed by atoms with Gasteiger partial charge in [0.05, 0.1) is 0 Å². The largest absolute Gasteiger partial charge is 0.149 e. The Bertz CT molecular complexity index is 137. The Kier molecular flexibility index (Phi) is 4.41. The van der Waals surface area contributed by atoms with Gasteiger partial charge in [0.2, 0.25) is 0 Å². The maximum absolute atomic E-state index is 2.14. The summed E-state index contributed by atoms with van der Waals surface area (Å²) in [5.41, 5.74) is 1.41. The van der Waals surface area contributed by atoms with Crippen LogP contribution >= 0.6 is 11.3 Å². The summed E-state index contributed by atoms with van der Waals surface area (Å²) >= 11 is 1.80. The van der Waals surface area contributed by atoms with Crippen LogP contribution in [0.4, 0.5) is 0 Å². The van der Waals surface area contributed by atoms with Crippen molar-refractivity contribution in [1.82, 2.24) is 0 Å². The van der Waals surface area contributed by atoms with E-state index in [-0.39, 0.29) is 0 Å². The Labute approximate surface area is 61.5 Å². The molecule has 1 aromatic heterocycles. The Morgan fingerprint density at radius 3 is 1.89 bits per heavy atom. The van der Waals surface area contributed by atoms with Crippen molar-refractivity contribution in [3.63, 3.8) is 0 Å². The van der Waals surface area contributed by atoms with Crippen LogP contribution in [0.25, 0.3) is 0 Å². The average Bonchev–Trinajstić information content (AvgIpc) is 2.23. The lowest BCUT2D eigenvalue weighted by atomic mass is 10.3. The standard InChI is InChI=1S/C6H8S.C2H6/c1-5-3-4-7-6(5)2;1-2/h3-4H,1-2H3;1-2H3. The Morgan fingerprint density at radius 1 is 1.22 bits per heavy atom. The molecule has 0 unspecified atom stereocenters. The molecule has 0 spiro atoms. The second-order valence-corrected chi connectivity index (χ2v) is 2.78. The Hall–Kier alpha value is -0.300. The summed E-state index contributed by atoms with van der Waals surface area (Å²) < 4.78 is 0. The number of thiophene rings is 1. The van der Waals surface area contributed by atoms with Gasteiger partial charge >= 0.3 is 0 Å². The predicted octanol–water partition coefficient (Wildman–Crippen LogP) is 3.39. The topological polar surface area (TPSA) is 0 Å². The first-order valence-corrected chi connectivity index (χ1v) is 4.19. The molecule has 0 saturated carbocycles. The van der Waals surface area contributed by atoms with Crippen molar-refractivity contribution in [3.8, 4) is 0 Å². The summed E-state index contributed by atoms with van der Waals surface area (Å²) in [5.74, 6) is 0. The molecule has 1 aromatic rings. The van der Waals surface area contributed by atoms with E-state index >= 15 is 0 Å². The summed E-state index contributed by atoms with van der Waals surface area (Å²) in [6, 6.07) is 2.14. The fourth-order valence-electron chi connectivity index (χ4n) is 0.448. The van der Waals surface area contributed by atoms with E-state index in [9.17, 15) is 0 Å². The fraction of sp³-hybridized carbons (Fsp3) is 0.500. The number of hydrogen-bond donors (Lipinski definition) is 0. The Morgan fingerprint density at radius 2 is 1.78 bits per heavy atom. The van der Waals surface area contributed by atoms with Crippen molar-refractivity contribution in [2.75, 3.05) is 0 Å². The van der Waals surface area contributed by atoms with Crippen LogP contribution in [0.1, 0.15) is 24.3 Å². The molecule has 0 aliphatic rings. The predicted molar refractivity (Wildman–Crippen MR) is 45.1 cm³/mol. The van der Waals surface area contributed by atoms with Crippen molar-refractivity contribution in [2.45, 2.75) is 27.7 Å². The van der Waals surface area contributed by atoms with Gasteiger partial charge in [0.25, 0.3) is 0 Å². The van der Waals surface area contributed by atoms with Gasteiger partial charge in [-0.3, -0.25) is 0 Å². The van der Waals surface area contributed by atoms with Gasteiger partial charge in [-0.1, -0.05) is 13.8 Å². The molecule has 0 amide bonds. The van der Waals surface area contributed by atoms with Gasteiger partial charge in [-0.05, 0) is 30.9 Å². The minimum Gasteiger partial charge on any atom is -0.149 e. The normalized spacial score (nSPS) is 8.00. The molecule has 52 valence electrons. The third kappa shape index (κ3) is 2.66. The van der Waals surface area contributed by atoms with Gasteiger partial charge in [0.1, 0.15) is 0 Å². The summed E-state index contributed by atoms with van der Waals surface area (Å²) in [6.07, 6.45) is 0. The van der Waals surface area contributed by atoms with Crippen LogP contribution in [-0.2, 0) is 0 Å². The monoisotopic (exact) mass is 142 g/mol. The minimum atomic E-state index is 1.41. The lowest BCUT2D eigenvalue weighted by Crippen LogP contribution is -1.61. The van der Waals surface area contributed by atoms with Crippen LogP contribution in [0.2, 0.25) is 0 Å². The van der Waals surface area contributed by atoms with Gasteiger partial charge in [-0.15, -0.1) is 11.3 Å². The van der Waals surface area contributed by atoms with Gasteiger partial charge in [-0.25, -0.2) is 0 Å². The van der Waals surface area contributed by atoms with Crippen molar-refractivity contribution >= 4 is 11.3 Å². The quantitative estimate of drug-likeness (QED) is 0.521. The minimum absolute atomic E-state index is 1.41. The van der Waals surface area contributed by atoms with Crippen molar-refractivity contribution in [1.29, 1.82) is 0 Å². The Balaban J connectivity index is 0.000000291. The van der Waals surface area contributed by atoms with Crippen molar-refractivity contribution in [3.05, 3.63) is 21.9 Å². The molecule has 9 heavy (non-hydrogen) atoms. The first kappa shape index (κ1) is 8.70. The smallest absolute Gasteiger partial charge is 0.00433 e. The maximum Gasteiger partial charge on any atom is 0.00433 e. The zero-order valence-corrected chi connectivity index (χ0v) is 7.38. The summed E-state index contributed by atoms with van der Waals surface area (Å²) in [6.45, 7) is 8.27. The number of hydrogen-bond acceptors (Lipinski definition) is 1. The molecule has 1 heteroatoms. The molecule has 0 N–H and O–H groups in total. The van der Waals surface area contributed by atoms with Crippen LogP contribution in [0.5, 0.6) is 0 Å². The summed E-state index contributed by atoms with van der Waals surface area (Å²) in [4.78, 5) is 1.43. The zero-order chi connectivity index (χ0) is 7.28. The van der Waals surface area contributed by atoms with E-state index in [1.165, 1.54) is 10.4 Å². The SMILES string of the molecule is CC.Cc1ccsc1C.